The third kappa shape index (κ3) is 6.31. The highest BCUT2D eigenvalue weighted by Gasteiger charge is 2.25. The summed E-state index contributed by atoms with van der Waals surface area (Å²) < 4.78 is 11.9. The molecule has 2 unspecified atom stereocenters. The van der Waals surface area contributed by atoms with Gasteiger partial charge >= 0.3 is 0 Å². The van der Waals surface area contributed by atoms with Gasteiger partial charge in [0, 0.05) is 24.4 Å². The summed E-state index contributed by atoms with van der Waals surface area (Å²) in [6.07, 6.45) is 0.746. The van der Waals surface area contributed by atoms with Gasteiger partial charge in [-0.2, -0.15) is 0 Å². The molecule has 0 heterocycles. The molecule has 0 aromatic carbocycles. The topological polar surface area (TPSA) is 43.8 Å². The molecule has 0 spiro atoms. The minimum absolute atomic E-state index is 0.148. The van der Waals surface area contributed by atoms with Crippen molar-refractivity contribution in [1.29, 1.82) is 0 Å². The van der Waals surface area contributed by atoms with Crippen LogP contribution in [-0.2, 0) is 4.57 Å². The first kappa shape index (κ1) is 15.1. The summed E-state index contributed by atoms with van der Waals surface area (Å²) in [5.41, 5.74) is 0. The first-order valence-corrected chi connectivity index (χ1v) is 7.32. The van der Waals surface area contributed by atoms with E-state index in [4.69, 9.17) is 0 Å². The van der Waals surface area contributed by atoms with Crippen LogP contribution in [0.4, 0.5) is 0 Å². The quantitative estimate of drug-likeness (QED) is 0.703. The van der Waals surface area contributed by atoms with Gasteiger partial charge in [-0.3, -0.25) is 4.57 Å². The number of hydrogen-bond acceptors (Lipinski definition) is 3. The van der Waals surface area contributed by atoms with Crippen LogP contribution in [-0.4, -0.2) is 67.3 Å². The summed E-state index contributed by atoms with van der Waals surface area (Å²) in [6.45, 7) is 3.95. The summed E-state index contributed by atoms with van der Waals surface area (Å²) in [5.74, 6) is 0. The summed E-state index contributed by atoms with van der Waals surface area (Å²) in [5, 5.41) is 0. The van der Waals surface area contributed by atoms with Gasteiger partial charge in [0.2, 0.25) is 7.37 Å². The minimum atomic E-state index is -3.00. The van der Waals surface area contributed by atoms with Crippen molar-refractivity contribution < 1.29 is 9.46 Å². The molecule has 0 saturated carbocycles. The monoisotopic (exact) mass is 236 g/mol. The van der Waals surface area contributed by atoms with Gasteiger partial charge in [0.25, 0.3) is 0 Å². The van der Waals surface area contributed by atoms with E-state index in [0.717, 1.165) is 0 Å². The van der Waals surface area contributed by atoms with Crippen LogP contribution in [0.3, 0.4) is 0 Å². The van der Waals surface area contributed by atoms with Gasteiger partial charge in [0.05, 0.1) is 0 Å². The van der Waals surface area contributed by atoms with E-state index < -0.39 is 7.37 Å². The average Bonchev–Trinajstić information content (AvgIpc) is 2.01. The van der Waals surface area contributed by atoms with Gasteiger partial charge in [0.15, 0.2) is 0 Å². The fourth-order valence-electron chi connectivity index (χ4n) is 1.23. The Balaban J connectivity index is 4.25. The molecular formula is C10H25N2O2P. The lowest BCUT2D eigenvalue weighted by atomic mass is 10.4. The summed E-state index contributed by atoms with van der Waals surface area (Å²) >= 11 is 0. The van der Waals surface area contributed by atoms with Crippen LogP contribution in [0.2, 0.25) is 0 Å². The first-order chi connectivity index (χ1) is 6.65. The van der Waals surface area contributed by atoms with Crippen molar-refractivity contribution in [2.45, 2.75) is 25.9 Å². The van der Waals surface area contributed by atoms with Crippen molar-refractivity contribution in [3.8, 4) is 0 Å². The normalized spacial score (nSPS) is 20.3. The van der Waals surface area contributed by atoms with Gasteiger partial charge < -0.3 is 14.7 Å². The highest BCUT2D eigenvalue weighted by atomic mass is 31.2. The Labute approximate surface area is 93.7 Å². The molecule has 0 aromatic heterocycles. The van der Waals surface area contributed by atoms with Crippen molar-refractivity contribution in [3.05, 3.63) is 0 Å². The molecule has 4 nitrogen and oxygen atoms in total. The van der Waals surface area contributed by atoms with Crippen LogP contribution in [0.1, 0.15) is 13.8 Å². The second kappa shape index (κ2) is 6.00. The maximum Gasteiger partial charge on any atom is 0.203 e. The molecule has 0 radical (unpaired) electrons. The lowest BCUT2D eigenvalue weighted by molar-refractivity contribution is 0.314. The van der Waals surface area contributed by atoms with E-state index in [1.54, 1.807) is 0 Å². The first-order valence-electron chi connectivity index (χ1n) is 5.29. The van der Waals surface area contributed by atoms with Gasteiger partial charge in [-0.1, -0.05) is 0 Å². The van der Waals surface area contributed by atoms with Gasteiger partial charge in [-0.25, -0.2) is 0 Å². The molecule has 5 heteroatoms. The standard InChI is InChI=1S/C10H25N2O2P/c1-9(11(3)4)7-15(13,14)8-10(2)12(5)6/h9-10H,7-8H2,1-6H3,(H,13,14). The molecule has 0 aliphatic heterocycles. The highest BCUT2D eigenvalue weighted by Crippen LogP contribution is 2.42. The Morgan fingerprint density at radius 1 is 1.00 bits per heavy atom. The van der Waals surface area contributed by atoms with Crippen molar-refractivity contribution in [2.24, 2.45) is 0 Å². The zero-order valence-corrected chi connectivity index (χ0v) is 11.7. The molecule has 1 N–H and O–H groups in total. The van der Waals surface area contributed by atoms with E-state index in [2.05, 4.69) is 0 Å². The van der Waals surface area contributed by atoms with Crippen molar-refractivity contribution >= 4 is 7.37 Å². The fraction of sp³-hybridized carbons (Fsp3) is 1.00. The predicted octanol–water partition coefficient (Wildman–Crippen LogP) is 1.16. The number of nitrogens with zero attached hydrogens (tertiary/aromatic N) is 2. The molecule has 0 rings (SSSR count). The largest absolute Gasteiger partial charge is 0.344 e. The molecule has 15 heavy (non-hydrogen) atoms. The third-order valence-corrected chi connectivity index (χ3v) is 5.06. The lowest BCUT2D eigenvalue weighted by Gasteiger charge is -2.26. The van der Waals surface area contributed by atoms with Crippen LogP contribution in [0.25, 0.3) is 0 Å². The third-order valence-electron chi connectivity index (χ3n) is 2.86. The molecule has 0 aromatic rings. The SMILES string of the molecule is CC(CP(=O)(O)CC(C)N(C)C)N(C)C. The smallest absolute Gasteiger partial charge is 0.203 e. The lowest BCUT2D eigenvalue weighted by Crippen LogP contribution is -2.32. The molecule has 2 atom stereocenters. The van der Waals surface area contributed by atoms with Gasteiger partial charge in [-0.15, -0.1) is 0 Å². The van der Waals surface area contributed by atoms with E-state index >= 15 is 0 Å². The van der Waals surface area contributed by atoms with Gasteiger partial charge in [-0.05, 0) is 42.0 Å². The number of hydrogen-bond donors (Lipinski definition) is 1. The maximum absolute atomic E-state index is 11.9. The molecule has 0 aliphatic rings. The maximum atomic E-state index is 11.9. The van der Waals surface area contributed by atoms with E-state index in [-0.39, 0.29) is 12.1 Å². The molecule has 0 aliphatic carbocycles. The Bertz CT molecular complexity index is 211. The van der Waals surface area contributed by atoms with E-state index in [0.29, 0.717) is 12.3 Å². The average molecular weight is 236 g/mol. The van der Waals surface area contributed by atoms with E-state index in [9.17, 15) is 9.46 Å². The molecule has 0 fully saturated rings. The Kier molecular flexibility index (Phi) is 6.04. The second-order valence-corrected chi connectivity index (χ2v) is 7.26. The van der Waals surface area contributed by atoms with Crippen LogP contribution in [0.15, 0.2) is 0 Å². The zero-order valence-electron chi connectivity index (χ0n) is 10.8. The zero-order chi connectivity index (χ0) is 12.2. The Morgan fingerprint density at radius 3 is 1.47 bits per heavy atom. The highest BCUT2D eigenvalue weighted by molar-refractivity contribution is 7.58. The van der Waals surface area contributed by atoms with Crippen LogP contribution < -0.4 is 0 Å². The van der Waals surface area contributed by atoms with E-state index in [1.165, 1.54) is 0 Å². The Morgan fingerprint density at radius 2 is 1.27 bits per heavy atom. The minimum Gasteiger partial charge on any atom is -0.344 e. The van der Waals surface area contributed by atoms with Crippen LogP contribution >= 0.6 is 7.37 Å². The predicted molar refractivity (Wildman–Crippen MR) is 65.9 cm³/mol. The summed E-state index contributed by atoms with van der Waals surface area (Å²) in [7, 11) is 4.73. The van der Waals surface area contributed by atoms with Crippen LogP contribution in [0.5, 0.6) is 0 Å². The molecule has 92 valence electrons. The number of rotatable bonds is 6. The fourth-order valence-corrected chi connectivity index (χ4v) is 3.68. The van der Waals surface area contributed by atoms with Crippen molar-refractivity contribution in [3.63, 3.8) is 0 Å². The Hall–Kier alpha value is 0.110. The van der Waals surface area contributed by atoms with Gasteiger partial charge in [0.1, 0.15) is 0 Å². The molecule has 0 amide bonds. The van der Waals surface area contributed by atoms with Crippen molar-refractivity contribution in [1.82, 2.24) is 9.80 Å². The van der Waals surface area contributed by atoms with Crippen LogP contribution in [0, 0.1) is 0 Å². The van der Waals surface area contributed by atoms with Crippen molar-refractivity contribution in [2.75, 3.05) is 40.5 Å². The molecule has 0 bridgehead atoms. The van der Waals surface area contributed by atoms with E-state index in [1.807, 2.05) is 51.8 Å². The second-order valence-electron chi connectivity index (χ2n) is 4.84. The summed E-state index contributed by atoms with van der Waals surface area (Å²) in [6, 6.07) is 0.297. The summed E-state index contributed by atoms with van der Waals surface area (Å²) in [4.78, 5) is 13.8. The molecular weight excluding hydrogens is 211 g/mol. The molecule has 0 saturated heterocycles.